The van der Waals surface area contributed by atoms with Gasteiger partial charge >= 0.3 is 7.12 Å². The Morgan fingerprint density at radius 2 is 1.70 bits per heavy atom. The van der Waals surface area contributed by atoms with Gasteiger partial charge in [0.1, 0.15) is 5.15 Å². The SMILES string of the molecule is CC1(C)OB(c2nc(Cl)ccc2C2(O)CC2)OC1(C)C. The first kappa shape index (κ1) is 14.3. The minimum absolute atomic E-state index is 0.378. The van der Waals surface area contributed by atoms with Crippen molar-refractivity contribution in [2.45, 2.75) is 57.3 Å². The molecule has 3 rings (SSSR count). The van der Waals surface area contributed by atoms with Gasteiger partial charge in [0.15, 0.2) is 0 Å². The van der Waals surface area contributed by atoms with Gasteiger partial charge in [0, 0.05) is 5.56 Å². The van der Waals surface area contributed by atoms with Crippen LogP contribution in [0.2, 0.25) is 5.15 Å². The highest BCUT2D eigenvalue weighted by molar-refractivity contribution is 6.62. The molecule has 0 amide bonds. The van der Waals surface area contributed by atoms with E-state index in [0.717, 1.165) is 18.4 Å². The molecule has 2 heterocycles. The molecule has 1 aromatic rings. The normalized spacial score (nSPS) is 25.8. The molecule has 0 atom stereocenters. The highest BCUT2D eigenvalue weighted by Gasteiger charge is 2.55. The molecule has 1 saturated heterocycles. The summed E-state index contributed by atoms with van der Waals surface area (Å²) < 4.78 is 12.0. The van der Waals surface area contributed by atoms with E-state index in [-0.39, 0.29) is 0 Å². The summed E-state index contributed by atoms with van der Waals surface area (Å²) in [7, 11) is -0.599. The van der Waals surface area contributed by atoms with Gasteiger partial charge < -0.3 is 14.4 Å². The molecule has 6 heteroatoms. The molecule has 0 spiro atoms. The van der Waals surface area contributed by atoms with E-state index in [1.54, 1.807) is 6.07 Å². The summed E-state index contributed by atoms with van der Waals surface area (Å²) in [6.07, 6.45) is 1.48. The van der Waals surface area contributed by atoms with Crippen LogP contribution in [0.3, 0.4) is 0 Å². The van der Waals surface area contributed by atoms with Gasteiger partial charge in [0.25, 0.3) is 0 Å². The van der Waals surface area contributed by atoms with Crippen LogP contribution in [0.25, 0.3) is 0 Å². The zero-order valence-corrected chi connectivity index (χ0v) is 13.0. The van der Waals surface area contributed by atoms with E-state index < -0.39 is 23.9 Å². The van der Waals surface area contributed by atoms with Gasteiger partial charge in [-0.15, -0.1) is 0 Å². The van der Waals surface area contributed by atoms with Crippen LogP contribution in [0.15, 0.2) is 12.1 Å². The fourth-order valence-corrected chi connectivity index (χ4v) is 2.52. The Labute approximate surface area is 124 Å². The van der Waals surface area contributed by atoms with E-state index in [1.807, 2.05) is 33.8 Å². The van der Waals surface area contributed by atoms with Crippen LogP contribution in [0.4, 0.5) is 0 Å². The zero-order valence-electron chi connectivity index (χ0n) is 12.2. The molecule has 0 radical (unpaired) electrons. The molecule has 1 N–H and O–H groups in total. The highest BCUT2D eigenvalue weighted by Crippen LogP contribution is 2.45. The average molecular weight is 296 g/mol. The molecule has 2 aliphatic rings. The number of pyridine rings is 1. The molecule has 0 bridgehead atoms. The number of aromatic nitrogens is 1. The second-order valence-corrected chi connectivity index (χ2v) is 7.07. The summed E-state index contributed by atoms with van der Waals surface area (Å²) >= 11 is 6.00. The number of hydrogen-bond donors (Lipinski definition) is 1. The maximum atomic E-state index is 10.4. The third kappa shape index (κ3) is 2.17. The molecule has 2 fully saturated rings. The van der Waals surface area contributed by atoms with Gasteiger partial charge in [-0.1, -0.05) is 17.7 Å². The van der Waals surface area contributed by atoms with Gasteiger partial charge in [-0.05, 0) is 46.6 Å². The van der Waals surface area contributed by atoms with Crippen molar-refractivity contribution in [3.8, 4) is 0 Å². The molecule has 1 aliphatic heterocycles. The summed E-state index contributed by atoms with van der Waals surface area (Å²) in [6.45, 7) is 7.96. The second kappa shape index (κ2) is 4.20. The van der Waals surface area contributed by atoms with Crippen LogP contribution >= 0.6 is 11.6 Å². The quantitative estimate of drug-likeness (QED) is 0.670. The highest BCUT2D eigenvalue weighted by atomic mass is 35.5. The number of halogens is 1. The van der Waals surface area contributed by atoms with Crippen LogP contribution in [-0.4, -0.2) is 28.4 Å². The van der Waals surface area contributed by atoms with Gasteiger partial charge in [-0.25, -0.2) is 4.98 Å². The van der Waals surface area contributed by atoms with Crippen LogP contribution in [-0.2, 0) is 14.9 Å². The van der Waals surface area contributed by atoms with Gasteiger partial charge in [0.05, 0.1) is 22.4 Å². The topological polar surface area (TPSA) is 51.6 Å². The van der Waals surface area contributed by atoms with Crippen molar-refractivity contribution in [3.05, 3.63) is 22.8 Å². The summed E-state index contributed by atoms with van der Waals surface area (Å²) in [5.74, 6) is 0. The average Bonchev–Trinajstić information content (AvgIpc) is 3.01. The first-order valence-electron chi connectivity index (χ1n) is 6.90. The van der Waals surface area contributed by atoms with Crippen molar-refractivity contribution in [2.24, 2.45) is 0 Å². The molecular formula is C14H19BClNO3. The van der Waals surface area contributed by atoms with Crippen molar-refractivity contribution < 1.29 is 14.4 Å². The first-order chi connectivity index (χ1) is 9.15. The smallest absolute Gasteiger partial charge is 0.398 e. The Morgan fingerprint density at radius 1 is 1.15 bits per heavy atom. The van der Waals surface area contributed by atoms with Crippen LogP contribution < -0.4 is 5.59 Å². The van der Waals surface area contributed by atoms with E-state index >= 15 is 0 Å². The Morgan fingerprint density at radius 3 is 2.20 bits per heavy atom. The number of hydrogen-bond acceptors (Lipinski definition) is 4. The van der Waals surface area contributed by atoms with Crippen molar-refractivity contribution in [1.82, 2.24) is 4.98 Å². The standard InChI is InChI=1S/C14H19BClNO3/c1-12(2)13(3,4)20-15(19-12)11-9(14(18)7-8-14)5-6-10(16)17-11/h5-6,18H,7-8H2,1-4H3. The van der Waals surface area contributed by atoms with E-state index in [0.29, 0.717) is 10.7 Å². The van der Waals surface area contributed by atoms with E-state index in [9.17, 15) is 5.11 Å². The fraction of sp³-hybridized carbons (Fsp3) is 0.643. The molecule has 4 nitrogen and oxygen atoms in total. The maximum Gasteiger partial charge on any atom is 0.514 e. The third-order valence-corrected chi connectivity index (χ3v) is 4.80. The van der Waals surface area contributed by atoms with Crippen molar-refractivity contribution in [1.29, 1.82) is 0 Å². The molecule has 108 valence electrons. The lowest BCUT2D eigenvalue weighted by Crippen LogP contribution is -2.41. The first-order valence-corrected chi connectivity index (χ1v) is 7.27. The van der Waals surface area contributed by atoms with E-state index in [1.165, 1.54) is 0 Å². The molecule has 20 heavy (non-hydrogen) atoms. The summed E-state index contributed by atoms with van der Waals surface area (Å²) in [5, 5.41) is 10.8. The Balaban J connectivity index is 2.01. The molecular weight excluding hydrogens is 276 g/mol. The van der Waals surface area contributed by atoms with Crippen molar-refractivity contribution in [3.63, 3.8) is 0 Å². The predicted molar refractivity (Wildman–Crippen MR) is 78.1 cm³/mol. The maximum absolute atomic E-state index is 10.4. The Hall–Kier alpha value is -0.615. The largest absolute Gasteiger partial charge is 0.514 e. The number of nitrogens with zero attached hydrogens (tertiary/aromatic N) is 1. The molecule has 1 saturated carbocycles. The monoisotopic (exact) mass is 295 g/mol. The minimum Gasteiger partial charge on any atom is -0.398 e. The van der Waals surface area contributed by atoms with Crippen molar-refractivity contribution >= 4 is 24.3 Å². The van der Waals surface area contributed by atoms with E-state index in [2.05, 4.69) is 4.98 Å². The summed E-state index contributed by atoms with van der Waals surface area (Å²) in [5.41, 5.74) is -0.316. The Bertz CT molecular complexity index is 541. The van der Waals surface area contributed by atoms with Crippen LogP contribution in [0, 0.1) is 0 Å². The van der Waals surface area contributed by atoms with E-state index in [4.69, 9.17) is 20.9 Å². The lowest BCUT2D eigenvalue weighted by atomic mass is 9.79. The molecule has 0 aromatic carbocycles. The summed E-state index contributed by atoms with van der Waals surface area (Å²) in [4.78, 5) is 4.35. The number of rotatable bonds is 2. The van der Waals surface area contributed by atoms with Crippen molar-refractivity contribution in [2.75, 3.05) is 0 Å². The summed E-state index contributed by atoms with van der Waals surface area (Å²) in [6, 6.07) is 3.52. The predicted octanol–water partition coefficient (Wildman–Crippen LogP) is 2.02. The van der Waals surface area contributed by atoms with Crippen LogP contribution in [0.1, 0.15) is 46.1 Å². The zero-order chi connectivity index (χ0) is 14.8. The lowest BCUT2D eigenvalue weighted by molar-refractivity contribution is 0.00578. The third-order valence-electron chi connectivity index (χ3n) is 4.59. The number of aliphatic hydroxyl groups is 1. The molecule has 0 unspecified atom stereocenters. The minimum atomic E-state index is -0.795. The van der Waals surface area contributed by atoms with Gasteiger partial charge in [0.2, 0.25) is 0 Å². The van der Waals surface area contributed by atoms with Gasteiger partial charge in [-0.2, -0.15) is 0 Å². The van der Waals surface area contributed by atoms with Crippen LogP contribution in [0.5, 0.6) is 0 Å². The fourth-order valence-electron chi connectivity index (χ4n) is 2.37. The van der Waals surface area contributed by atoms with Gasteiger partial charge in [-0.3, -0.25) is 0 Å². The second-order valence-electron chi connectivity index (χ2n) is 6.69. The molecule has 1 aliphatic carbocycles. The molecule has 1 aromatic heterocycles. The Kier molecular flexibility index (Phi) is 3.01. The lowest BCUT2D eigenvalue weighted by Gasteiger charge is -2.32.